The van der Waals surface area contributed by atoms with Crippen LogP contribution in [0.25, 0.3) is 0 Å². The lowest BCUT2D eigenvalue weighted by Crippen LogP contribution is -2.36. The topological polar surface area (TPSA) is 73.5 Å². The largest absolute Gasteiger partial charge is 0.350 e. The molecule has 134 valence electrons. The maximum Gasteiger partial charge on any atom is 0.319 e. The Kier molecular flexibility index (Phi) is 8.86. The lowest BCUT2D eigenvalue weighted by Gasteiger charge is -2.18. The summed E-state index contributed by atoms with van der Waals surface area (Å²) in [6, 6.07) is 6.79. The molecular formula is C18H30N4O2. The summed E-state index contributed by atoms with van der Waals surface area (Å²) < 4.78 is 0. The maximum atomic E-state index is 12.0. The molecule has 0 saturated heterocycles. The summed E-state index contributed by atoms with van der Waals surface area (Å²) in [5, 5.41) is 8.51. The number of amides is 3. The molecule has 1 unspecified atom stereocenters. The second kappa shape index (κ2) is 10.6. The zero-order valence-corrected chi connectivity index (χ0v) is 15.2. The van der Waals surface area contributed by atoms with Gasteiger partial charge < -0.3 is 20.9 Å². The molecule has 6 nitrogen and oxygen atoms in total. The van der Waals surface area contributed by atoms with Crippen LogP contribution in [0.2, 0.25) is 0 Å². The quantitative estimate of drug-likeness (QED) is 0.650. The Morgan fingerprint density at radius 1 is 1.08 bits per heavy atom. The van der Waals surface area contributed by atoms with Gasteiger partial charge >= 0.3 is 6.03 Å². The fourth-order valence-corrected chi connectivity index (χ4v) is 2.16. The zero-order valence-electron chi connectivity index (χ0n) is 15.2. The Labute approximate surface area is 145 Å². The second-order valence-electron chi connectivity index (χ2n) is 5.77. The standard InChI is InChI=1S/C18H30N4O2/c1-5-14(4)20-17(23)15-8-10-16(11-9-15)21-18(24)19-12-13-22(6-2)7-3/h8-11,14H,5-7,12-13H2,1-4H3,(H,20,23)(H2,19,21,24). The molecule has 0 fully saturated rings. The molecule has 1 aromatic carbocycles. The number of hydrogen-bond acceptors (Lipinski definition) is 3. The van der Waals surface area contributed by atoms with Crippen LogP contribution < -0.4 is 16.0 Å². The zero-order chi connectivity index (χ0) is 17.9. The number of anilines is 1. The number of rotatable bonds is 9. The van der Waals surface area contributed by atoms with Crippen LogP contribution >= 0.6 is 0 Å². The van der Waals surface area contributed by atoms with E-state index in [1.807, 2.05) is 13.8 Å². The number of carbonyl (C=O) groups is 2. The maximum absolute atomic E-state index is 12.0. The van der Waals surface area contributed by atoms with Crippen molar-refractivity contribution in [3.05, 3.63) is 29.8 Å². The van der Waals surface area contributed by atoms with Crippen molar-refractivity contribution in [3.8, 4) is 0 Å². The number of nitrogens with one attached hydrogen (secondary N) is 3. The third-order valence-corrected chi connectivity index (χ3v) is 4.00. The van der Waals surface area contributed by atoms with E-state index < -0.39 is 0 Å². The van der Waals surface area contributed by atoms with E-state index in [2.05, 4.69) is 34.7 Å². The van der Waals surface area contributed by atoms with Crippen LogP contribution in [0.4, 0.5) is 10.5 Å². The van der Waals surface area contributed by atoms with Gasteiger partial charge in [0.25, 0.3) is 5.91 Å². The summed E-state index contributed by atoms with van der Waals surface area (Å²) in [5.74, 6) is -0.0976. The molecule has 0 aliphatic heterocycles. The van der Waals surface area contributed by atoms with E-state index in [4.69, 9.17) is 0 Å². The molecule has 24 heavy (non-hydrogen) atoms. The van der Waals surface area contributed by atoms with Gasteiger partial charge in [0.05, 0.1) is 0 Å². The molecule has 1 aromatic rings. The highest BCUT2D eigenvalue weighted by atomic mass is 16.2. The summed E-state index contributed by atoms with van der Waals surface area (Å²) in [6.07, 6.45) is 0.888. The van der Waals surface area contributed by atoms with Crippen molar-refractivity contribution in [2.45, 2.75) is 40.2 Å². The first kappa shape index (κ1) is 20.0. The van der Waals surface area contributed by atoms with E-state index >= 15 is 0 Å². The first-order valence-electron chi connectivity index (χ1n) is 8.68. The van der Waals surface area contributed by atoms with Crippen LogP contribution in [0.15, 0.2) is 24.3 Å². The van der Waals surface area contributed by atoms with Gasteiger partial charge in [0.15, 0.2) is 0 Å². The molecule has 0 saturated carbocycles. The van der Waals surface area contributed by atoms with Gasteiger partial charge in [-0.05, 0) is 50.7 Å². The predicted molar refractivity (Wildman–Crippen MR) is 98.5 cm³/mol. The van der Waals surface area contributed by atoms with Crippen molar-refractivity contribution in [3.63, 3.8) is 0 Å². The number of carbonyl (C=O) groups excluding carboxylic acids is 2. The van der Waals surface area contributed by atoms with Gasteiger partial charge in [-0.2, -0.15) is 0 Å². The fourth-order valence-electron chi connectivity index (χ4n) is 2.16. The van der Waals surface area contributed by atoms with Crippen LogP contribution in [0.5, 0.6) is 0 Å². The average Bonchev–Trinajstić information content (AvgIpc) is 2.59. The van der Waals surface area contributed by atoms with Gasteiger partial charge in [0.1, 0.15) is 0 Å². The van der Waals surface area contributed by atoms with Crippen LogP contribution in [0.1, 0.15) is 44.5 Å². The summed E-state index contributed by atoms with van der Waals surface area (Å²) in [7, 11) is 0. The lowest BCUT2D eigenvalue weighted by molar-refractivity contribution is 0.0939. The summed E-state index contributed by atoms with van der Waals surface area (Å²) in [6.45, 7) is 11.6. The van der Waals surface area contributed by atoms with Crippen molar-refractivity contribution in [1.29, 1.82) is 0 Å². The molecular weight excluding hydrogens is 304 g/mol. The van der Waals surface area contributed by atoms with Gasteiger partial charge in [-0.1, -0.05) is 20.8 Å². The Hall–Kier alpha value is -2.08. The number of likely N-dealkylation sites (N-methyl/N-ethyl adjacent to an activating group) is 1. The third-order valence-electron chi connectivity index (χ3n) is 4.00. The molecule has 3 amide bonds. The van der Waals surface area contributed by atoms with E-state index in [-0.39, 0.29) is 18.0 Å². The number of benzene rings is 1. The molecule has 3 N–H and O–H groups in total. The summed E-state index contributed by atoms with van der Waals surface area (Å²) >= 11 is 0. The average molecular weight is 334 g/mol. The monoisotopic (exact) mass is 334 g/mol. The molecule has 0 aliphatic rings. The van der Waals surface area contributed by atoms with E-state index in [0.717, 1.165) is 26.1 Å². The minimum Gasteiger partial charge on any atom is -0.350 e. The molecule has 0 heterocycles. The van der Waals surface area contributed by atoms with Gasteiger partial charge in [-0.15, -0.1) is 0 Å². The van der Waals surface area contributed by atoms with Crippen LogP contribution in [0, 0.1) is 0 Å². The molecule has 0 radical (unpaired) electrons. The molecule has 0 aromatic heterocycles. The summed E-state index contributed by atoms with van der Waals surface area (Å²) in [4.78, 5) is 26.1. The number of hydrogen-bond donors (Lipinski definition) is 3. The third kappa shape index (κ3) is 7.00. The van der Waals surface area contributed by atoms with E-state index in [1.165, 1.54) is 0 Å². The molecule has 0 aliphatic carbocycles. The van der Waals surface area contributed by atoms with Gasteiger partial charge in [0, 0.05) is 30.4 Å². The Morgan fingerprint density at radius 2 is 1.71 bits per heavy atom. The SMILES string of the molecule is CCC(C)NC(=O)c1ccc(NC(=O)NCCN(CC)CC)cc1. The van der Waals surface area contributed by atoms with Crippen molar-refractivity contribution < 1.29 is 9.59 Å². The first-order valence-corrected chi connectivity index (χ1v) is 8.68. The smallest absolute Gasteiger partial charge is 0.319 e. The van der Waals surface area contributed by atoms with Crippen LogP contribution in [-0.4, -0.2) is 49.1 Å². The number of nitrogens with zero attached hydrogens (tertiary/aromatic N) is 1. The molecule has 0 bridgehead atoms. The highest BCUT2D eigenvalue weighted by Gasteiger charge is 2.09. The second-order valence-corrected chi connectivity index (χ2v) is 5.77. The van der Waals surface area contributed by atoms with Crippen molar-refractivity contribution in [2.75, 3.05) is 31.5 Å². The van der Waals surface area contributed by atoms with Crippen molar-refractivity contribution in [2.24, 2.45) is 0 Å². The van der Waals surface area contributed by atoms with Crippen LogP contribution in [-0.2, 0) is 0 Å². The Morgan fingerprint density at radius 3 is 2.25 bits per heavy atom. The van der Waals surface area contributed by atoms with E-state index in [1.54, 1.807) is 24.3 Å². The molecule has 6 heteroatoms. The summed E-state index contributed by atoms with van der Waals surface area (Å²) in [5.41, 5.74) is 1.25. The molecule has 1 rings (SSSR count). The minimum absolute atomic E-state index is 0.0976. The minimum atomic E-state index is -0.237. The van der Waals surface area contributed by atoms with Crippen molar-refractivity contribution >= 4 is 17.6 Å². The van der Waals surface area contributed by atoms with E-state index in [9.17, 15) is 9.59 Å². The van der Waals surface area contributed by atoms with Crippen molar-refractivity contribution in [1.82, 2.24) is 15.5 Å². The van der Waals surface area contributed by atoms with E-state index in [0.29, 0.717) is 17.8 Å². The number of urea groups is 1. The molecule has 1 atom stereocenters. The Bertz CT molecular complexity index is 512. The first-order chi connectivity index (χ1) is 11.5. The van der Waals surface area contributed by atoms with Gasteiger partial charge in [-0.3, -0.25) is 4.79 Å². The lowest BCUT2D eigenvalue weighted by atomic mass is 10.1. The van der Waals surface area contributed by atoms with Crippen LogP contribution in [0.3, 0.4) is 0 Å². The normalized spacial score (nSPS) is 11.9. The highest BCUT2D eigenvalue weighted by molar-refractivity contribution is 5.95. The predicted octanol–water partition coefficient (Wildman–Crippen LogP) is 2.68. The van der Waals surface area contributed by atoms with Gasteiger partial charge in [-0.25, -0.2) is 4.79 Å². The fraction of sp³-hybridized carbons (Fsp3) is 0.556. The highest BCUT2D eigenvalue weighted by Crippen LogP contribution is 2.09. The molecule has 0 spiro atoms. The van der Waals surface area contributed by atoms with Gasteiger partial charge in [0.2, 0.25) is 0 Å². The Balaban J connectivity index is 2.43.